The molecule has 152 valence electrons. The Labute approximate surface area is 167 Å². The van der Waals surface area contributed by atoms with Gasteiger partial charge in [0.25, 0.3) is 0 Å². The zero-order valence-electron chi connectivity index (χ0n) is 17.5. The minimum absolute atomic E-state index is 0.0152. The highest BCUT2D eigenvalue weighted by Gasteiger charge is 2.31. The topological polar surface area (TPSA) is 73.5 Å². The number of nitrogens with zero attached hydrogens (tertiary/aromatic N) is 3. The van der Waals surface area contributed by atoms with Gasteiger partial charge in [-0.2, -0.15) is 5.10 Å². The zero-order chi connectivity index (χ0) is 20.3. The molecule has 7 nitrogen and oxygen atoms in total. The summed E-state index contributed by atoms with van der Waals surface area (Å²) >= 11 is 0. The summed E-state index contributed by atoms with van der Waals surface area (Å²) in [6.07, 6.45) is 2.71. The van der Waals surface area contributed by atoms with Crippen LogP contribution in [0.3, 0.4) is 0 Å². The van der Waals surface area contributed by atoms with E-state index in [1.165, 1.54) is 0 Å². The average molecular weight is 386 g/mol. The summed E-state index contributed by atoms with van der Waals surface area (Å²) in [6, 6.07) is 7.91. The molecule has 2 amide bonds. The smallest absolute Gasteiger partial charge is 0.317 e. The first-order valence-corrected chi connectivity index (χ1v) is 9.64. The van der Waals surface area contributed by atoms with Gasteiger partial charge in [-0.15, -0.1) is 0 Å². The van der Waals surface area contributed by atoms with Gasteiger partial charge in [0.15, 0.2) is 0 Å². The van der Waals surface area contributed by atoms with Crippen LogP contribution >= 0.6 is 0 Å². The monoisotopic (exact) mass is 385 g/mol. The molecule has 0 spiro atoms. The largest absolute Gasteiger partial charge is 0.496 e. The second-order valence-electron chi connectivity index (χ2n) is 8.48. The predicted molar refractivity (Wildman–Crippen MR) is 109 cm³/mol. The number of methoxy groups -OCH3 is 1. The minimum Gasteiger partial charge on any atom is -0.496 e. The molecule has 0 bridgehead atoms. The highest BCUT2D eigenvalue weighted by molar-refractivity contribution is 5.74. The maximum absolute atomic E-state index is 13.0. The van der Waals surface area contributed by atoms with Crippen LogP contribution in [-0.4, -0.2) is 60.3 Å². The van der Waals surface area contributed by atoms with E-state index >= 15 is 0 Å². The number of H-pyrrole nitrogens is 1. The number of fused-ring (bicyclic) bond motifs is 1. The van der Waals surface area contributed by atoms with E-state index in [0.29, 0.717) is 19.6 Å². The summed E-state index contributed by atoms with van der Waals surface area (Å²) in [4.78, 5) is 17.0. The Morgan fingerprint density at radius 3 is 2.86 bits per heavy atom. The van der Waals surface area contributed by atoms with E-state index in [1.807, 2.05) is 49.5 Å². The van der Waals surface area contributed by atoms with Gasteiger partial charge in [-0.25, -0.2) is 4.79 Å². The predicted octanol–water partition coefficient (Wildman–Crippen LogP) is 2.82. The molecule has 0 saturated carbocycles. The first-order valence-electron chi connectivity index (χ1n) is 9.64. The molecule has 0 saturated heterocycles. The van der Waals surface area contributed by atoms with Crippen LogP contribution in [0.15, 0.2) is 30.5 Å². The first-order chi connectivity index (χ1) is 13.3. The van der Waals surface area contributed by atoms with Gasteiger partial charge in [-0.05, 0) is 32.0 Å². The lowest BCUT2D eigenvalue weighted by molar-refractivity contribution is 0.164. The summed E-state index contributed by atoms with van der Waals surface area (Å²) < 4.78 is 5.51. The van der Waals surface area contributed by atoms with Crippen molar-refractivity contribution >= 4 is 6.03 Å². The van der Waals surface area contributed by atoms with Gasteiger partial charge in [0.1, 0.15) is 5.75 Å². The number of benzene rings is 1. The number of hydrogen-bond acceptors (Lipinski definition) is 4. The van der Waals surface area contributed by atoms with Gasteiger partial charge < -0.3 is 19.9 Å². The van der Waals surface area contributed by atoms with Gasteiger partial charge in [-0.3, -0.25) is 5.10 Å². The van der Waals surface area contributed by atoms with Crippen LogP contribution in [0.1, 0.15) is 36.7 Å². The number of ether oxygens (including phenoxy) is 1. The molecule has 1 aliphatic rings. The molecule has 7 heteroatoms. The highest BCUT2D eigenvalue weighted by Crippen LogP contribution is 2.30. The maximum atomic E-state index is 13.0. The van der Waals surface area contributed by atoms with Gasteiger partial charge in [-0.1, -0.05) is 32.0 Å². The van der Waals surface area contributed by atoms with Gasteiger partial charge in [0.05, 0.1) is 25.9 Å². The molecule has 1 aromatic heterocycles. The van der Waals surface area contributed by atoms with Crippen molar-refractivity contribution in [1.82, 2.24) is 25.3 Å². The number of carbonyl (C=O) groups is 1. The summed E-state index contributed by atoms with van der Waals surface area (Å²) in [5.41, 5.74) is 3.26. The second-order valence-corrected chi connectivity index (χ2v) is 8.48. The van der Waals surface area contributed by atoms with E-state index < -0.39 is 0 Å². The number of rotatable bonds is 5. The third-order valence-corrected chi connectivity index (χ3v) is 5.30. The van der Waals surface area contributed by atoms with Crippen molar-refractivity contribution < 1.29 is 9.53 Å². The van der Waals surface area contributed by atoms with Crippen molar-refractivity contribution in [3.8, 4) is 5.75 Å². The molecular weight excluding hydrogens is 354 g/mol. The average Bonchev–Trinajstić information content (AvgIpc) is 3.01. The van der Waals surface area contributed by atoms with Crippen molar-refractivity contribution in [2.45, 2.75) is 32.9 Å². The van der Waals surface area contributed by atoms with Crippen LogP contribution in [0.2, 0.25) is 0 Å². The Morgan fingerprint density at radius 2 is 2.14 bits per heavy atom. The molecule has 2 aromatic rings. The van der Waals surface area contributed by atoms with Crippen molar-refractivity contribution in [1.29, 1.82) is 0 Å². The number of aromatic nitrogens is 2. The van der Waals surface area contributed by atoms with Crippen LogP contribution in [0.4, 0.5) is 4.79 Å². The van der Waals surface area contributed by atoms with Crippen LogP contribution in [0, 0.1) is 5.41 Å². The third kappa shape index (κ3) is 4.47. The van der Waals surface area contributed by atoms with Gasteiger partial charge >= 0.3 is 6.03 Å². The maximum Gasteiger partial charge on any atom is 0.317 e. The number of hydrogen-bond donors (Lipinski definition) is 2. The molecule has 2 N–H and O–H groups in total. The summed E-state index contributed by atoms with van der Waals surface area (Å²) in [7, 11) is 5.69. The number of amides is 2. The summed E-state index contributed by atoms with van der Waals surface area (Å²) in [5.74, 6) is 0.828. The molecule has 1 unspecified atom stereocenters. The number of likely N-dealkylation sites (N-methyl/N-ethyl adjacent to an activating group) is 1. The fourth-order valence-electron chi connectivity index (χ4n) is 3.89. The fourth-order valence-corrected chi connectivity index (χ4v) is 3.89. The van der Waals surface area contributed by atoms with Crippen LogP contribution in [0.25, 0.3) is 0 Å². The number of para-hydroxylation sites is 1. The van der Waals surface area contributed by atoms with Crippen LogP contribution < -0.4 is 10.1 Å². The minimum atomic E-state index is -0.0520. The van der Waals surface area contributed by atoms with Crippen molar-refractivity contribution in [2.75, 3.05) is 34.3 Å². The molecule has 1 aromatic carbocycles. The zero-order valence-corrected chi connectivity index (χ0v) is 17.5. The van der Waals surface area contributed by atoms with Gasteiger partial charge in [0, 0.05) is 29.9 Å². The van der Waals surface area contributed by atoms with Crippen molar-refractivity contribution in [2.24, 2.45) is 5.41 Å². The first kappa shape index (κ1) is 20.2. The van der Waals surface area contributed by atoms with Gasteiger partial charge in [0.2, 0.25) is 0 Å². The van der Waals surface area contributed by atoms with Crippen LogP contribution in [-0.2, 0) is 13.0 Å². The lowest BCUT2D eigenvalue weighted by atomic mass is 9.88. The SMILES string of the molecule is COc1ccccc1C(CNC(=O)N1Cc2cn[nH]c2CC(C)(C)C1)N(C)C. The van der Waals surface area contributed by atoms with E-state index in [-0.39, 0.29) is 17.5 Å². The molecule has 3 rings (SSSR count). The Balaban J connectivity index is 1.73. The molecule has 28 heavy (non-hydrogen) atoms. The van der Waals surface area contributed by atoms with Crippen molar-refractivity contribution in [3.05, 3.63) is 47.3 Å². The Bertz CT molecular complexity index is 815. The van der Waals surface area contributed by atoms with E-state index in [1.54, 1.807) is 7.11 Å². The lowest BCUT2D eigenvalue weighted by Gasteiger charge is -2.31. The second kappa shape index (κ2) is 8.22. The fraction of sp³-hybridized carbons (Fsp3) is 0.524. The number of nitrogens with one attached hydrogen (secondary N) is 2. The summed E-state index contributed by atoms with van der Waals surface area (Å²) in [6.45, 7) is 6.13. The Morgan fingerprint density at radius 1 is 1.39 bits per heavy atom. The lowest BCUT2D eigenvalue weighted by Crippen LogP contribution is -2.45. The molecular formula is C21H31N5O2. The quantitative estimate of drug-likeness (QED) is 0.830. The number of carbonyl (C=O) groups excluding carboxylic acids is 1. The number of aromatic amines is 1. The summed E-state index contributed by atoms with van der Waals surface area (Å²) in [5, 5.41) is 10.4. The van der Waals surface area contributed by atoms with E-state index in [0.717, 1.165) is 29.0 Å². The standard InChI is InChI=1S/C21H31N5O2/c1-21(2)10-17-15(11-23-24-17)13-26(14-21)20(27)22-12-18(25(3)4)16-8-6-7-9-19(16)28-5/h6-9,11,18H,10,12-14H2,1-5H3,(H,22,27)(H,23,24). The molecule has 1 atom stereocenters. The molecule has 2 heterocycles. The number of urea groups is 1. The normalized spacial score (nSPS) is 17.0. The Kier molecular flexibility index (Phi) is 5.93. The molecule has 0 radical (unpaired) electrons. The molecule has 0 fully saturated rings. The molecule has 1 aliphatic heterocycles. The van der Waals surface area contributed by atoms with E-state index in [4.69, 9.17) is 4.74 Å². The van der Waals surface area contributed by atoms with Crippen LogP contribution in [0.5, 0.6) is 5.75 Å². The van der Waals surface area contributed by atoms with Crippen molar-refractivity contribution in [3.63, 3.8) is 0 Å². The third-order valence-electron chi connectivity index (χ3n) is 5.30. The van der Waals surface area contributed by atoms with E-state index in [2.05, 4.69) is 34.3 Å². The van der Waals surface area contributed by atoms with E-state index in [9.17, 15) is 4.79 Å². The highest BCUT2D eigenvalue weighted by atomic mass is 16.5. The molecule has 0 aliphatic carbocycles. The Hall–Kier alpha value is -2.54.